The van der Waals surface area contributed by atoms with E-state index in [-0.39, 0.29) is 11.7 Å². The molecule has 1 aliphatic carbocycles. The van der Waals surface area contributed by atoms with Crippen LogP contribution in [0.25, 0.3) is 0 Å². The minimum Gasteiger partial charge on any atom is -0.316 e. The lowest BCUT2D eigenvalue weighted by atomic mass is 9.89. The number of thioether (sulfide) groups is 1. The summed E-state index contributed by atoms with van der Waals surface area (Å²) in [6.45, 7) is 2.22. The second-order valence-corrected chi connectivity index (χ2v) is 7.64. The number of hydrogen-bond acceptors (Lipinski definition) is 7. The van der Waals surface area contributed by atoms with E-state index in [0.29, 0.717) is 21.6 Å². The smallest absolute Gasteiger partial charge is 0.235 e. The maximum Gasteiger partial charge on any atom is 0.235 e. The Bertz CT molecular complexity index is 775. The van der Waals surface area contributed by atoms with Gasteiger partial charge < -0.3 is 5.32 Å². The van der Waals surface area contributed by atoms with Crippen molar-refractivity contribution in [3.8, 4) is 6.07 Å². The molecule has 1 N–H and O–H groups in total. The molecule has 0 saturated carbocycles. The van der Waals surface area contributed by atoms with Gasteiger partial charge in [-0.25, -0.2) is 4.68 Å². The zero-order chi connectivity index (χ0) is 16.4. The van der Waals surface area contributed by atoms with Crippen LogP contribution in [0.5, 0.6) is 0 Å². The lowest BCUT2D eigenvalue weighted by molar-refractivity contribution is -0.113. The van der Waals surface area contributed by atoms with Gasteiger partial charge in [0.2, 0.25) is 11.1 Å². The second kappa shape index (κ2) is 6.68. The number of hydrogen-bond donors (Lipinski definition) is 1. The molecule has 0 aromatic carbocycles. The summed E-state index contributed by atoms with van der Waals surface area (Å²) in [4.78, 5) is 13.4. The van der Waals surface area contributed by atoms with E-state index in [1.807, 2.05) is 0 Å². The summed E-state index contributed by atoms with van der Waals surface area (Å²) in [5.74, 6) is 0.689. The Morgan fingerprint density at radius 3 is 3.13 bits per heavy atom. The van der Waals surface area contributed by atoms with Crippen LogP contribution < -0.4 is 5.32 Å². The Morgan fingerprint density at radius 2 is 2.43 bits per heavy atom. The predicted octanol–water partition coefficient (Wildman–Crippen LogP) is 2.00. The standard InChI is InChI=1S/C14H16N6OS2/c1-8-3-4-9-10(6-15)13(23-11(9)5-8)16-12(21)7-22-14-17-18-19-20(14)2/h8H,3-5,7H2,1-2H3,(H,16,21)/t8-/m1/s1. The fraction of sp³-hybridized carbons (Fsp3) is 0.500. The molecule has 1 atom stereocenters. The minimum atomic E-state index is -0.152. The molecule has 2 aromatic heterocycles. The molecule has 0 radical (unpaired) electrons. The van der Waals surface area contributed by atoms with Gasteiger partial charge in [-0.3, -0.25) is 4.79 Å². The molecule has 0 fully saturated rings. The van der Waals surface area contributed by atoms with Gasteiger partial charge in [0.1, 0.15) is 11.1 Å². The third kappa shape index (κ3) is 3.38. The van der Waals surface area contributed by atoms with Crippen molar-refractivity contribution in [3.05, 3.63) is 16.0 Å². The van der Waals surface area contributed by atoms with Crippen LogP contribution >= 0.6 is 23.1 Å². The Labute approximate surface area is 142 Å². The van der Waals surface area contributed by atoms with E-state index in [1.165, 1.54) is 32.7 Å². The highest BCUT2D eigenvalue weighted by Gasteiger charge is 2.24. The van der Waals surface area contributed by atoms with Crippen LogP contribution in [0.1, 0.15) is 29.3 Å². The van der Waals surface area contributed by atoms with Gasteiger partial charge in [-0.1, -0.05) is 18.7 Å². The summed E-state index contributed by atoms with van der Waals surface area (Å²) in [6.07, 6.45) is 3.01. The number of thiophene rings is 1. The topological polar surface area (TPSA) is 96.5 Å². The van der Waals surface area contributed by atoms with Crippen LogP contribution in [0.2, 0.25) is 0 Å². The summed E-state index contributed by atoms with van der Waals surface area (Å²) in [5, 5.41) is 24.6. The van der Waals surface area contributed by atoms with E-state index >= 15 is 0 Å². The molecule has 120 valence electrons. The molecule has 0 unspecified atom stereocenters. The largest absolute Gasteiger partial charge is 0.316 e. The second-order valence-electron chi connectivity index (χ2n) is 5.59. The van der Waals surface area contributed by atoms with E-state index in [1.54, 1.807) is 7.05 Å². The lowest BCUT2D eigenvalue weighted by Crippen LogP contribution is -2.14. The van der Waals surface area contributed by atoms with Crippen molar-refractivity contribution in [2.75, 3.05) is 11.1 Å². The SMILES string of the molecule is C[C@@H]1CCc2c(sc(NC(=O)CSc3nnnn3C)c2C#N)C1. The Kier molecular flexibility index (Phi) is 4.63. The first kappa shape index (κ1) is 16.0. The molecular weight excluding hydrogens is 332 g/mol. The van der Waals surface area contributed by atoms with Crippen LogP contribution in [0.15, 0.2) is 5.16 Å². The molecule has 2 heterocycles. The molecule has 1 aliphatic rings. The molecule has 9 heteroatoms. The summed E-state index contributed by atoms with van der Waals surface area (Å²) < 4.78 is 1.52. The molecule has 2 aromatic rings. The minimum absolute atomic E-state index is 0.152. The number of fused-ring (bicyclic) bond motifs is 1. The van der Waals surface area contributed by atoms with E-state index in [4.69, 9.17) is 0 Å². The third-order valence-corrected chi connectivity index (χ3v) is 5.97. The van der Waals surface area contributed by atoms with Crippen LogP contribution in [-0.2, 0) is 24.7 Å². The summed E-state index contributed by atoms with van der Waals surface area (Å²) in [5.41, 5.74) is 1.76. The van der Waals surface area contributed by atoms with E-state index in [0.717, 1.165) is 24.8 Å². The number of aryl methyl sites for hydroxylation is 1. The van der Waals surface area contributed by atoms with Crippen molar-refractivity contribution >= 4 is 34.0 Å². The van der Waals surface area contributed by atoms with Crippen molar-refractivity contribution in [1.82, 2.24) is 20.2 Å². The van der Waals surface area contributed by atoms with Gasteiger partial charge in [-0.05, 0) is 41.2 Å². The number of carbonyl (C=O) groups is 1. The Hall–Kier alpha value is -1.92. The molecule has 23 heavy (non-hydrogen) atoms. The maximum atomic E-state index is 12.2. The normalized spacial score (nSPS) is 16.7. The predicted molar refractivity (Wildman–Crippen MR) is 88.4 cm³/mol. The van der Waals surface area contributed by atoms with Crippen molar-refractivity contribution < 1.29 is 4.79 Å². The number of amides is 1. The number of nitrogens with zero attached hydrogens (tertiary/aromatic N) is 5. The Morgan fingerprint density at radius 1 is 1.61 bits per heavy atom. The fourth-order valence-electron chi connectivity index (χ4n) is 2.59. The van der Waals surface area contributed by atoms with Crippen molar-refractivity contribution in [3.63, 3.8) is 0 Å². The van der Waals surface area contributed by atoms with Gasteiger partial charge in [0.15, 0.2) is 0 Å². The molecular formula is C14H16N6OS2. The maximum absolute atomic E-state index is 12.2. The van der Waals surface area contributed by atoms with Gasteiger partial charge in [-0.2, -0.15) is 5.26 Å². The monoisotopic (exact) mass is 348 g/mol. The molecule has 0 aliphatic heterocycles. The van der Waals surface area contributed by atoms with Gasteiger partial charge in [0, 0.05) is 11.9 Å². The summed E-state index contributed by atoms with van der Waals surface area (Å²) in [7, 11) is 1.72. The van der Waals surface area contributed by atoms with Crippen LogP contribution in [0.3, 0.4) is 0 Å². The van der Waals surface area contributed by atoms with Crippen molar-refractivity contribution in [2.24, 2.45) is 13.0 Å². The third-order valence-electron chi connectivity index (χ3n) is 3.79. The quantitative estimate of drug-likeness (QED) is 0.849. The van der Waals surface area contributed by atoms with Gasteiger partial charge in [0.25, 0.3) is 0 Å². The van der Waals surface area contributed by atoms with E-state index < -0.39 is 0 Å². The van der Waals surface area contributed by atoms with Crippen LogP contribution in [0.4, 0.5) is 5.00 Å². The van der Waals surface area contributed by atoms with E-state index in [2.05, 4.69) is 33.8 Å². The van der Waals surface area contributed by atoms with E-state index in [9.17, 15) is 10.1 Å². The highest BCUT2D eigenvalue weighted by molar-refractivity contribution is 7.99. The number of rotatable bonds is 4. The molecule has 7 nitrogen and oxygen atoms in total. The highest BCUT2D eigenvalue weighted by atomic mass is 32.2. The molecule has 0 spiro atoms. The number of anilines is 1. The van der Waals surface area contributed by atoms with Gasteiger partial charge in [0.05, 0.1) is 11.3 Å². The summed E-state index contributed by atoms with van der Waals surface area (Å²) >= 11 is 2.80. The summed E-state index contributed by atoms with van der Waals surface area (Å²) in [6, 6.07) is 2.26. The average Bonchev–Trinajstić information content (AvgIpc) is 3.07. The molecule has 3 rings (SSSR count). The highest BCUT2D eigenvalue weighted by Crippen LogP contribution is 2.39. The van der Waals surface area contributed by atoms with Crippen LogP contribution in [0, 0.1) is 17.2 Å². The first-order chi connectivity index (χ1) is 11.1. The van der Waals surface area contributed by atoms with Crippen molar-refractivity contribution in [1.29, 1.82) is 5.26 Å². The van der Waals surface area contributed by atoms with Crippen LogP contribution in [-0.4, -0.2) is 31.9 Å². The number of tetrazole rings is 1. The average molecular weight is 348 g/mol. The number of carbonyl (C=O) groups excluding carboxylic acids is 1. The first-order valence-corrected chi connectivity index (χ1v) is 9.08. The number of nitriles is 1. The van der Waals surface area contributed by atoms with Gasteiger partial charge in [-0.15, -0.1) is 16.4 Å². The molecule has 1 amide bonds. The first-order valence-electron chi connectivity index (χ1n) is 7.28. The Balaban J connectivity index is 1.69. The zero-order valence-corrected chi connectivity index (χ0v) is 14.5. The lowest BCUT2D eigenvalue weighted by Gasteiger charge is -2.17. The molecule has 0 bridgehead atoms. The zero-order valence-electron chi connectivity index (χ0n) is 12.9. The molecule has 0 saturated heterocycles. The number of aromatic nitrogens is 4. The van der Waals surface area contributed by atoms with Gasteiger partial charge >= 0.3 is 0 Å². The van der Waals surface area contributed by atoms with Crippen molar-refractivity contribution in [2.45, 2.75) is 31.3 Å². The fourth-order valence-corrected chi connectivity index (χ4v) is 4.62. The number of nitrogens with one attached hydrogen (secondary N) is 1.